The Kier molecular flexibility index (Phi) is 3.58. The molecule has 1 N–H and O–H groups in total. The zero-order valence-electron chi connectivity index (χ0n) is 9.58. The molecule has 1 amide bonds. The van der Waals surface area contributed by atoms with E-state index in [1.807, 2.05) is 0 Å². The van der Waals surface area contributed by atoms with Crippen LogP contribution in [-0.4, -0.2) is 10.9 Å². The quantitative estimate of drug-likeness (QED) is 0.845. The minimum Gasteiger partial charge on any atom is -0.322 e. The molecule has 92 valence electrons. The molecule has 0 spiro atoms. The molecule has 1 aromatic heterocycles. The van der Waals surface area contributed by atoms with Crippen molar-refractivity contribution in [2.75, 3.05) is 5.32 Å². The predicted molar refractivity (Wildman–Crippen MR) is 68.3 cm³/mol. The van der Waals surface area contributed by atoms with E-state index in [2.05, 4.69) is 10.3 Å². The normalized spacial score (nSPS) is 10.2. The smallest absolute Gasteiger partial charge is 0.258 e. The number of nitrogens with zero attached hydrogens (tertiary/aromatic N) is 1. The van der Waals surface area contributed by atoms with Gasteiger partial charge in [0.1, 0.15) is 11.0 Å². The van der Waals surface area contributed by atoms with Crippen LogP contribution in [0, 0.1) is 12.7 Å². The van der Waals surface area contributed by atoms with Crippen LogP contribution in [0.2, 0.25) is 5.15 Å². The third-order valence-electron chi connectivity index (χ3n) is 2.42. The molecule has 0 atom stereocenters. The summed E-state index contributed by atoms with van der Waals surface area (Å²) in [7, 11) is 0. The first kappa shape index (κ1) is 12.5. The molecule has 2 rings (SSSR count). The van der Waals surface area contributed by atoms with Crippen LogP contribution in [0.25, 0.3) is 0 Å². The van der Waals surface area contributed by atoms with Crippen LogP contribution in [0.4, 0.5) is 10.1 Å². The molecule has 18 heavy (non-hydrogen) atoms. The number of anilines is 1. The van der Waals surface area contributed by atoms with Gasteiger partial charge in [0.05, 0.1) is 5.56 Å². The Bertz CT molecular complexity index is 601. The monoisotopic (exact) mass is 264 g/mol. The van der Waals surface area contributed by atoms with Gasteiger partial charge in [-0.2, -0.15) is 0 Å². The average molecular weight is 265 g/mol. The van der Waals surface area contributed by atoms with Crippen molar-refractivity contribution in [2.45, 2.75) is 6.92 Å². The number of hydrogen-bond acceptors (Lipinski definition) is 2. The summed E-state index contributed by atoms with van der Waals surface area (Å²) in [6, 6.07) is 7.54. The van der Waals surface area contributed by atoms with Crippen LogP contribution in [-0.2, 0) is 0 Å². The van der Waals surface area contributed by atoms with Gasteiger partial charge in [-0.3, -0.25) is 4.79 Å². The van der Waals surface area contributed by atoms with Gasteiger partial charge < -0.3 is 5.32 Å². The Labute approximate surface area is 109 Å². The van der Waals surface area contributed by atoms with E-state index >= 15 is 0 Å². The Morgan fingerprint density at radius 3 is 2.83 bits per heavy atom. The fourth-order valence-electron chi connectivity index (χ4n) is 1.48. The highest BCUT2D eigenvalue weighted by molar-refractivity contribution is 6.33. The zero-order valence-corrected chi connectivity index (χ0v) is 10.3. The third-order valence-corrected chi connectivity index (χ3v) is 2.72. The Balaban J connectivity index is 2.22. The van der Waals surface area contributed by atoms with Crippen LogP contribution in [0.5, 0.6) is 0 Å². The van der Waals surface area contributed by atoms with Gasteiger partial charge in [-0.25, -0.2) is 9.37 Å². The van der Waals surface area contributed by atoms with E-state index in [-0.39, 0.29) is 22.4 Å². The molecule has 0 aliphatic carbocycles. The van der Waals surface area contributed by atoms with E-state index in [0.29, 0.717) is 11.3 Å². The van der Waals surface area contributed by atoms with Gasteiger partial charge in [-0.15, -0.1) is 0 Å². The van der Waals surface area contributed by atoms with Crippen molar-refractivity contribution in [3.8, 4) is 0 Å². The second-order valence-corrected chi connectivity index (χ2v) is 4.12. The summed E-state index contributed by atoms with van der Waals surface area (Å²) in [6.45, 7) is 1.63. The lowest BCUT2D eigenvalue weighted by molar-refractivity contribution is 0.102. The second kappa shape index (κ2) is 5.14. The average Bonchev–Trinajstić information content (AvgIpc) is 2.34. The minimum absolute atomic E-state index is 0.133. The highest BCUT2D eigenvalue weighted by atomic mass is 35.5. The van der Waals surface area contributed by atoms with Crippen LogP contribution < -0.4 is 5.32 Å². The molecular weight excluding hydrogens is 255 g/mol. The van der Waals surface area contributed by atoms with Gasteiger partial charge in [-0.1, -0.05) is 11.6 Å². The number of benzene rings is 1. The van der Waals surface area contributed by atoms with Crippen LogP contribution in [0.3, 0.4) is 0 Å². The fourth-order valence-corrected chi connectivity index (χ4v) is 1.68. The van der Waals surface area contributed by atoms with E-state index < -0.39 is 0 Å². The van der Waals surface area contributed by atoms with Gasteiger partial charge in [0, 0.05) is 11.9 Å². The molecule has 0 aliphatic rings. The molecule has 0 unspecified atom stereocenters. The molecule has 0 saturated carbocycles. The highest BCUT2D eigenvalue weighted by Gasteiger charge is 2.11. The van der Waals surface area contributed by atoms with Crippen molar-refractivity contribution in [2.24, 2.45) is 0 Å². The first-order valence-electron chi connectivity index (χ1n) is 5.26. The van der Waals surface area contributed by atoms with Crippen LogP contribution in [0.15, 0.2) is 36.5 Å². The number of carbonyl (C=O) groups is 1. The van der Waals surface area contributed by atoms with Crippen LogP contribution in [0.1, 0.15) is 15.9 Å². The lowest BCUT2D eigenvalue weighted by atomic mass is 10.2. The molecule has 0 fully saturated rings. The Morgan fingerprint density at radius 1 is 1.39 bits per heavy atom. The maximum atomic E-state index is 13.1. The first-order valence-corrected chi connectivity index (χ1v) is 5.64. The summed E-state index contributed by atoms with van der Waals surface area (Å²) >= 11 is 5.81. The van der Waals surface area contributed by atoms with E-state index in [1.54, 1.807) is 25.1 Å². The highest BCUT2D eigenvalue weighted by Crippen LogP contribution is 2.17. The number of aryl methyl sites for hydroxylation is 1. The van der Waals surface area contributed by atoms with Crippen molar-refractivity contribution in [1.29, 1.82) is 0 Å². The number of halogens is 2. The number of nitrogens with one attached hydrogen (secondary N) is 1. The Morgan fingerprint density at radius 2 is 2.17 bits per heavy atom. The summed E-state index contributed by atoms with van der Waals surface area (Å²) in [5, 5.41) is 2.77. The van der Waals surface area contributed by atoms with Crippen molar-refractivity contribution in [3.05, 3.63) is 58.6 Å². The largest absolute Gasteiger partial charge is 0.322 e. The van der Waals surface area contributed by atoms with Crippen LogP contribution >= 0.6 is 11.6 Å². The lowest BCUT2D eigenvalue weighted by Crippen LogP contribution is -2.13. The number of rotatable bonds is 2. The topological polar surface area (TPSA) is 42.0 Å². The van der Waals surface area contributed by atoms with Crippen molar-refractivity contribution >= 4 is 23.2 Å². The number of pyridine rings is 1. The minimum atomic E-state index is -0.376. The number of hydrogen-bond donors (Lipinski definition) is 1. The molecule has 3 nitrogen and oxygen atoms in total. The van der Waals surface area contributed by atoms with Crippen molar-refractivity contribution in [1.82, 2.24) is 4.98 Å². The standard InChI is InChI=1S/C13H10ClFN2O/c1-8-7-9(4-5-11(8)15)17-13(18)10-3-2-6-16-12(10)14/h2-7H,1H3,(H,17,18). The van der Waals surface area contributed by atoms with E-state index in [1.165, 1.54) is 18.3 Å². The van der Waals surface area contributed by atoms with Gasteiger partial charge in [0.25, 0.3) is 5.91 Å². The van der Waals surface area contributed by atoms with E-state index in [9.17, 15) is 9.18 Å². The molecule has 1 aromatic carbocycles. The van der Waals surface area contributed by atoms with Gasteiger partial charge in [-0.05, 0) is 42.8 Å². The summed E-state index contributed by atoms with van der Waals surface area (Å²) in [6.07, 6.45) is 1.50. The summed E-state index contributed by atoms with van der Waals surface area (Å²) in [4.78, 5) is 15.7. The second-order valence-electron chi connectivity index (χ2n) is 3.76. The van der Waals surface area contributed by atoms with Gasteiger partial charge in [0.2, 0.25) is 0 Å². The molecule has 5 heteroatoms. The van der Waals surface area contributed by atoms with Gasteiger partial charge in [0.15, 0.2) is 0 Å². The maximum absolute atomic E-state index is 13.1. The molecular formula is C13H10ClFN2O. The SMILES string of the molecule is Cc1cc(NC(=O)c2cccnc2Cl)ccc1F. The molecule has 0 radical (unpaired) electrons. The Hall–Kier alpha value is -1.94. The molecule has 0 saturated heterocycles. The fraction of sp³-hybridized carbons (Fsp3) is 0.0769. The van der Waals surface area contributed by atoms with E-state index in [0.717, 1.165) is 0 Å². The van der Waals surface area contributed by atoms with Gasteiger partial charge >= 0.3 is 0 Å². The lowest BCUT2D eigenvalue weighted by Gasteiger charge is -2.07. The molecule has 0 bridgehead atoms. The van der Waals surface area contributed by atoms with E-state index in [4.69, 9.17) is 11.6 Å². The number of amides is 1. The zero-order chi connectivity index (χ0) is 13.1. The van der Waals surface area contributed by atoms with Crippen molar-refractivity contribution < 1.29 is 9.18 Å². The maximum Gasteiger partial charge on any atom is 0.258 e. The predicted octanol–water partition coefficient (Wildman–Crippen LogP) is 3.43. The number of carbonyl (C=O) groups excluding carboxylic acids is 1. The molecule has 1 heterocycles. The third kappa shape index (κ3) is 2.65. The summed E-state index contributed by atoms with van der Waals surface area (Å²) < 4.78 is 13.1. The number of aromatic nitrogens is 1. The van der Waals surface area contributed by atoms with Crippen molar-refractivity contribution in [3.63, 3.8) is 0 Å². The molecule has 2 aromatic rings. The first-order chi connectivity index (χ1) is 8.58. The molecule has 0 aliphatic heterocycles. The summed E-state index contributed by atoms with van der Waals surface area (Å²) in [5.41, 5.74) is 1.25. The summed E-state index contributed by atoms with van der Waals surface area (Å²) in [5.74, 6) is -0.688.